The maximum atomic E-state index is 12.6. The van der Waals surface area contributed by atoms with Crippen LogP contribution in [0, 0.1) is 5.92 Å². The number of aliphatic hydroxyl groups is 1. The van der Waals surface area contributed by atoms with Gasteiger partial charge in [-0.2, -0.15) is 5.10 Å². The molecule has 0 spiro atoms. The van der Waals surface area contributed by atoms with Crippen molar-refractivity contribution < 1.29 is 33.8 Å². The van der Waals surface area contributed by atoms with Crippen LogP contribution in [0.15, 0.2) is 16.2 Å². The van der Waals surface area contributed by atoms with Gasteiger partial charge in [0.1, 0.15) is 5.71 Å². The van der Waals surface area contributed by atoms with Crippen molar-refractivity contribution in [2.24, 2.45) is 11.0 Å². The van der Waals surface area contributed by atoms with Crippen LogP contribution >= 0.6 is 0 Å². The summed E-state index contributed by atoms with van der Waals surface area (Å²) in [7, 11) is 2.59. The Labute approximate surface area is 163 Å². The fourth-order valence-corrected chi connectivity index (χ4v) is 3.52. The number of nitrogens with one attached hydrogen (secondary N) is 1. The van der Waals surface area contributed by atoms with Crippen molar-refractivity contribution in [3.8, 4) is 0 Å². The molecule has 0 saturated heterocycles. The maximum absolute atomic E-state index is 12.6. The number of allylic oxidation sites excluding steroid dienone is 1. The summed E-state index contributed by atoms with van der Waals surface area (Å²) in [5.41, 5.74) is 3.91. The Morgan fingerprint density at radius 2 is 1.75 bits per heavy atom. The Hall–Kier alpha value is -2.55. The number of unbranched alkanes of at least 4 members (excludes halogenated alkanes) is 1. The van der Waals surface area contributed by atoms with E-state index in [4.69, 9.17) is 0 Å². The molecule has 1 aliphatic carbocycles. The van der Waals surface area contributed by atoms with Gasteiger partial charge in [-0.3, -0.25) is 19.2 Å². The molecule has 0 aromatic heterocycles. The maximum Gasteiger partial charge on any atom is 0.305 e. The van der Waals surface area contributed by atoms with Crippen molar-refractivity contribution in [1.82, 2.24) is 5.43 Å². The van der Waals surface area contributed by atoms with Gasteiger partial charge in [0.15, 0.2) is 11.6 Å². The topological polar surface area (TPSA) is 131 Å². The second-order valence-electron chi connectivity index (χ2n) is 6.77. The Bertz CT molecular complexity index is 711. The van der Waals surface area contributed by atoms with Crippen molar-refractivity contribution in [1.29, 1.82) is 0 Å². The van der Waals surface area contributed by atoms with Gasteiger partial charge < -0.3 is 20.0 Å². The van der Waals surface area contributed by atoms with Gasteiger partial charge in [0.2, 0.25) is 0 Å². The molecule has 0 aromatic rings. The van der Waals surface area contributed by atoms with Gasteiger partial charge in [0.05, 0.1) is 20.3 Å². The molecule has 9 heteroatoms. The summed E-state index contributed by atoms with van der Waals surface area (Å²) in [5.74, 6) is -1.67. The van der Waals surface area contributed by atoms with Crippen LogP contribution in [-0.2, 0) is 28.7 Å². The number of carbonyl (C=O) groups is 4. The molecule has 1 aliphatic heterocycles. The van der Waals surface area contributed by atoms with Crippen molar-refractivity contribution in [2.75, 3.05) is 20.8 Å². The number of Topliss-reactive ketones (excluding diaryl/α,β-unsaturated/α-hetero) is 2. The van der Waals surface area contributed by atoms with Crippen LogP contribution in [0.4, 0.5) is 0 Å². The number of esters is 2. The number of hydrogen-bond acceptors (Lipinski definition) is 9. The van der Waals surface area contributed by atoms with Gasteiger partial charge >= 0.3 is 11.9 Å². The van der Waals surface area contributed by atoms with Gasteiger partial charge in [-0.05, 0) is 30.4 Å². The van der Waals surface area contributed by atoms with E-state index in [1.54, 1.807) is 0 Å². The summed E-state index contributed by atoms with van der Waals surface area (Å²) in [6.07, 6.45) is 0.645. The average molecular weight is 394 g/mol. The zero-order valence-corrected chi connectivity index (χ0v) is 16.2. The minimum atomic E-state index is -0.984. The summed E-state index contributed by atoms with van der Waals surface area (Å²) in [4.78, 5) is 47.4. The summed E-state index contributed by atoms with van der Waals surface area (Å²) in [6.45, 7) is 0.310. The quantitative estimate of drug-likeness (QED) is 0.403. The van der Waals surface area contributed by atoms with Crippen molar-refractivity contribution in [2.45, 2.75) is 51.0 Å². The zero-order chi connectivity index (χ0) is 20.7. The Kier molecular flexibility index (Phi) is 7.86. The molecule has 0 amide bonds. The van der Waals surface area contributed by atoms with E-state index in [2.05, 4.69) is 20.0 Å². The molecule has 9 nitrogen and oxygen atoms in total. The van der Waals surface area contributed by atoms with Gasteiger partial charge in [-0.1, -0.05) is 0 Å². The second-order valence-corrected chi connectivity index (χ2v) is 6.77. The molecule has 2 rings (SSSR count). The van der Waals surface area contributed by atoms with E-state index in [1.807, 2.05) is 0 Å². The van der Waals surface area contributed by atoms with E-state index >= 15 is 0 Å². The number of nitrogens with zero attached hydrogens (tertiary/aromatic N) is 1. The molecular formula is C19H26N2O7. The van der Waals surface area contributed by atoms with Crippen molar-refractivity contribution in [3.63, 3.8) is 0 Å². The highest BCUT2D eigenvalue weighted by atomic mass is 16.5. The molecule has 2 atom stereocenters. The van der Waals surface area contributed by atoms with Crippen molar-refractivity contribution in [3.05, 3.63) is 11.1 Å². The predicted molar refractivity (Wildman–Crippen MR) is 98.3 cm³/mol. The second kappa shape index (κ2) is 10.1. The fourth-order valence-electron chi connectivity index (χ4n) is 3.52. The van der Waals surface area contributed by atoms with Crippen LogP contribution in [0.3, 0.4) is 0 Å². The van der Waals surface area contributed by atoms with E-state index in [1.165, 1.54) is 14.2 Å². The lowest BCUT2D eigenvalue weighted by Crippen LogP contribution is -2.29. The molecule has 0 radical (unpaired) electrons. The van der Waals surface area contributed by atoms with E-state index < -0.39 is 18.0 Å². The average Bonchev–Trinajstić information content (AvgIpc) is 3.26. The first kappa shape index (κ1) is 21.7. The number of hydrazone groups is 1. The van der Waals surface area contributed by atoms with E-state index in [9.17, 15) is 24.3 Å². The highest BCUT2D eigenvalue weighted by molar-refractivity contribution is 6.41. The molecular weight excluding hydrogens is 368 g/mol. The number of rotatable bonds is 10. The number of methoxy groups -OCH3 is 2. The molecule has 154 valence electrons. The van der Waals surface area contributed by atoms with E-state index in [0.717, 1.165) is 0 Å². The third-order valence-electron chi connectivity index (χ3n) is 4.98. The Morgan fingerprint density at radius 1 is 1.11 bits per heavy atom. The summed E-state index contributed by atoms with van der Waals surface area (Å²) in [6, 6.07) is 0. The van der Waals surface area contributed by atoms with Crippen LogP contribution in [-0.4, -0.2) is 61.2 Å². The molecule has 0 aromatic carbocycles. The zero-order valence-electron chi connectivity index (χ0n) is 16.2. The molecule has 2 aliphatic rings. The SMILES string of the molecule is COC(=O)CCCCC(=O)C1=NNCC1C1=C(CCC(=O)OC)C(=O)CC1O. The normalized spacial score (nSPS) is 21.4. The van der Waals surface area contributed by atoms with Crippen LogP contribution in [0.2, 0.25) is 0 Å². The van der Waals surface area contributed by atoms with E-state index in [-0.39, 0.29) is 55.4 Å². The monoisotopic (exact) mass is 394 g/mol. The third-order valence-corrected chi connectivity index (χ3v) is 4.98. The van der Waals surface area contributed by atoms with Crippen LogP contribution < -0.4 is 5.43 Å². The lowest BCUT2D eigenvalue weighted by atomic mass is 9.86. The number of ketones is 2. The highest BCUT2D eigenvalue weighted by Gasteiger charge is 2.40. The Balaban J connectivity index is 2.06. The summed E-state index contributed by atoms with van der Waals surface area (Å²) in [5, 5.41) is 14.4. The standard InChI is InChI=1S/C19H26N2O7/c1-27-16(25)6-4-3-5-13(22)19-12(10-20-21-19)18-11(7-8-17(26)28-2)14(23)9-15(18)24/h12,15,20,24H,3-10H2,1-2H3. The number of hydrogen-bond donors (Lipinski definition) is 2. The number of carbonyl (C=O) groups excluding carboxylic acids is 4. The smallest absolute Gasteiger partial charge is 0.305 e. The molecule has 0 bridgehead atoms. The van der Waals surface area contributed by atoms with Crippen LogP contribution in [0.5, 0.6) is 0 Å². The first-order valence-corrected chi connectivity index (χ1v) is 9.30. The molecule has 1 heterocycles. The summed E-state index contributed by atoms with van der Waals surface area (Å²) >= 11 is 0. The molecule has 28 heavy (non-hydrogen) atoms. The number of ether oxygens (including phenoxy) is 2. The largest absolute Gasteiger partial charge is 0.469 e. The van der Waals surface area contributed by atoms with Crippen molar-refractivity contribution >= 4 is 29.2 Å². The molecule has 2 N–H and O–H groups in total. The number of aliphatic hydroxyl groups excluding tert-OH is 1. The molecule has 0 fully saturated rings. The molecule has 2 unspecified atom stereocenters. The lowest BCUT2D eigenvalue weighted by Gasteiger charge is -2.18. The lowest BCUT2D eigenvalue weighted by molar-refractivity contribution is -0.141. The first-order valence-electron chi connectivity index (χ1n) is 9.30. The summed E-state index contributed by atoms with van der Waals surface area (Å²) < 4.78 is 9.18. The fraction of sp³-hybridized carbons (Fsp3) is 0.632. The highest BCUT2D eigenvalue weighted by Crippen LogP contribution is 2.34. The van der Waals surface area contributed by atoms with Gasteiger partial charge in [-0.15, -0.1) is 0 Å². The Morgan fingerprint density at radius 3 is 2.43 bits per heavy atom. The molecule has 0 saturated carbocycles. The minimum Gasteiger partial charge on any atom is -0.469 e. The van der Waals surface area contributed by atoms with Crippen LogP contribution in [0.25, 0.3) is 0 Å². The third kappa shape index (κ3) is 5.25. The van der Waals surface area contributed by atoms with Gasteiger partial charge in [0, 0.05) is 38.1 Å². The van der Waals surface area contributed by atoms with Gasteiger partial charge in [-0.25, -0.2) is 0 Å². The first-order chi connectivity index (χ1) is 13.4. The van der Waals surface area contributed by atoms with Crippen LogP contribution in [0.1, 0.15) is 44.9 Å². The predicted octanol–water partition coefficient (Wildman–Crippen LogP) is 0.448. The van der Waals surface area contributed by atoms with Gasteiger partial charge in [0.25, 0.3) is 0 Å². The van der Waals surface area contributed by atoms with E-state index in [0.29, 0.717) is 30.5 Å². The minimum absolute atomic E-state index is 0.0297.